The van der Waals surface area contributed by atoms with Gasteiger partial charge in [-0.05, 0) is 41.5 Å². The molecule has 0 saturated carbocycles. The Hall–Kier alpha value is -3.88. The largest absolute Gasteiger partial charge is 0.486 e. The Morgan fingerprint density at radius 3 is 2.36 bits per heavy atom. The van der Waals surface area contributed by atoms with Crippen molar-refractivity contribution in [2.24, 2.45) is 0 Å². The van der Waals surface area contributed by atoms with Crippen molar-refractivity contribution >= 4 is 52.6 Å². The summed E-state index contributed by atoms with van der Waals surface area (Å²) in [7, 11) is 0. The molecule has 1 fully saturated rings. The van der Waals surface area contributed by atoms with Crippen molar-refractivity contribution in [1.82, 2.24) is 5.32 Å². The third kappa shape index (κ3) is 4.82. The topological polar surface area (TPSA) is 102 Å². The van der Waals surface area contributed by atoms with Gasteiger partial charge >= 0.3 is 6.03 Å². The van der Waals surface area contributed by atoms with Crippen LogP contribution >= 0.6 is 23.2 Å². The second-order valence-electron chi connectivity index (χ2n) is 6.99. The van der Waals surface area contributed by atoms with Crippen molar-refractivity contribution in [1.29, 1.82) is 0 Å². The number of nitrogens with zero attached hydrogens (tertiary/aromatic N) is 2. The zero-order valence-corrected chi connectivity index (χ0v) is 18.3. The molecule has 1 N–H and O–H groups in total. The van der Waals surface area contributed by atoms with Crippen LogP contribution < -0.4 is 15.0 Å². The Balaban J connectivity index is 1.53. The second-order valence-corrected chi connectivity index (χ2v) is 7.81. The molecule has 1 aliphatic rings. The number of imide groups is 1. The minimum Gasteiger partial charge on any atom is -0.486 e. The predicted octanol–water partition coefficient (Wildman–Crippen LogP) is 5.58. The molecule has 0 aromatic heterocycles. The third-order valence-electron chi connectivity index (χ3n) is 4.73. The molecule has 33 heavy (non-hydrogen) atoms. The number of rotatable bonds is 6. The van der Waals surface area contributed by atoms with Gasteiger partial charge in [-0.2, -0.15) is 0 Å². The number of nitrogens with one attached hydrogen (secondary N) is 1. The van der Waals surface area contributed by atoms with E-state index in [0.717, 1.165) is 4.90 Å². The van der Waals surface area contributed by atoms with Crippen molar-refractivity contribution in [3.8, 4) is 5.75 Å². The van der Waals surface area contributed by atoms with Crippen molar-refractivity contribution in [2.45, 2.75) is 6.61 Å². The molecule has 3 aromatic rings. The molecule has 3 amide bonds. The highest BCUT2D eigenvalue weighted by Gasteiger charge is 2.34. The van der Waals surface area contributed by atoms with Crippen molar-refractivity contribution < 1.29 is 19.2 Å². The zero-order valence-electron chi connectivity index (χ0n) is 16.8. The van der Waals surface area contributed by atoms with Crippen LogP contribution in [0.1, 0.15) is 11.1 Å². The summed E-state index contributed by atoms with van der Waals surface area (Å²) in [5.74, 6) is -0.316. The molecule has 10 heteroatoms. The first kappa shape index (κ1) is 22.3. The van der Waals surface area contributed by atoms with E-state index in [1.807, 2.05) is 0 Å². The molecule has 0 atom stereocenters. The molecule has 4 rings (SSSR count). The molecule has 0 unspecified atom stereocenters. The molecule has 1 aliphatic heterocycles. The van der Waals surface area contributed by atoms with Crippen LogP contribution in [-0.2, 0) is 11.4 Å². The predicted molar refractivity (Wildman–Crippen MR) is 124 cm³/mol. The molecular weight excluding hydrogens is 469 g/mol. The highest BCUT2D eigenvalue weighted by Crippen LogP contribution is 2.36. The smallest absolute Gasteiger partial charge is 0.333 e. The van der Waals surface area contributed by atoms with Crippen LogP contribution in [0.3, 0.4) is 0 Å². The number of carbonyl (C=O) groups is 2. The number of hydrogen-bond acceptors (Lipinski definition) is 5. The normalized spacial score (nSPS) is 14.5. The minimum atomic E-state index is -0.563. The molecule has 0 aliphatic carbocycles. The molecule has 166 valence electrons. The average molecular weight is 484 g/mol. The fourth-order valence-electron chi connectivity index (χ4n) is 3.23. The van der Waals surface area contributed by atoms with E-state index in [0.29, 0.717) is 16.8 Å². The van der Waals surface area contributed by atoms with Crippen LogP contribution in [0.2, 0.25) is 10.0 Å². The number of nitro groups is 1. The number of para-hydroxylation sites is 1. The molecule has 1 saturated heterocycles. The van der Waals surface area contributed by atoms with Crippen LogP contribution in [0, 0.1) is 10.1 Å². The van der Waals surface area contributed by atoms with Crippen LogP contribution in [-0.4, -0.2) is 16.9 Å². The number of nitro benzene ring substituents is 1. The average Bonchev–Trinajstić information content (AvgIpc) is 3.06. The van der Waals surface area contributed by atoms with Gasteiger partial charge in [0.15, 0.2) is 5.75 Å². The van der Waals surface area contributed by atoms with Gasteiger partial charge in [-0.15, -0.1) is 0 Å². The molecule has 1 heterocycles. The number of carbonyl (C=O) groups excluding carboxylic acids is 2. The van der Waals surface area contributed by atoms with Gasteiger partial charge < -0.3 is 10.1 Å². The maximum absolute atomic E-state index is 12.7. The van der Waals surface area contributed by atoms with Gasteiger partial charge in [-0.1, -0.05) is 53.5 Å². The fraction of sp³-hybridized carbons (Fsp3) is 0.0435. The summed E-state index contributed by atoms with van der Waals surface area (Å²) in [4.78, 5) is 36.5. The summed E-state index contributed by atoms with van der Waals surface area (Å²) in [5.41, 5.74) is 1.52. The molecule has 0 radical (unpaired) electrons. The first-order valence-corrected chi connectivity index (χ1v) is 10.4. The number of anilines is 1. The highest BCUT2D eigenvalue weighted by atomic mass is 35.5. The summed E-state index contributed by atoms with van der Waals surface area (Å²) in [5, 5.41) is 13.8. The quantitative estimate of drug-likeness (QED) is 0.213. The summed E-state index contributed by atoms with van der Waals surface area (Å²) < 4.78 is 5.67. The summed E-state index contributed by atoms with van der Waals surface area (Å²) in [6, 6.07) is 17.1. The van der Waals surface area contributed by atoms with E-state index in [-0.39, 0.29) is 33.8 Å². The van der Waals surface area contributed by atoms with Gasteiger partial charge in [0.1, 0.15) is 12.3 Å². The lowest BCUT2D eigenvalue weighted by molar-refractivity contribution is -0.384. The summed E-state index contributed by atoms with van der Waals surface area (Å²) >= 11 is 12.7. The van der Waals surface area contributed by atoms with E-state index in [4.69, 9.17) is 27.9 Å². The van der Waals surface area contributed by atoms with Crippen LogP contribution in [0.5, 0.6) is 5.75 Å². The number of urea groups is 1. The minimum absolute atomic E-state index is 0.0160. The Morgan fingerprint density at radius 1 is 1.00 bits per heavy atom. The fourth-order valence-corrected chi connectivity index (χ4v) is 3.84. The monoisotopic (exact) mass is 483 g/mol. The number of non-ortho nitro benzene ring substituents is 1. The molecular formula is C23H15Cl2N3O5. The Labute approximate surface area is 198 Å². The lowest BCUT2D eigenvalue weighted by atomic mass is 10.1. The number of hydrogen-bond donors (Lipinski definition) is 1. The van der Waals surface area contributed by atoms with Gasteiger partial charge in [0.05, 0.1) is 20.7 Å². The highest BCUT2D eigenvalue weighted by molar-refractivity contribution is 6.37. The second kappa shape index (κ2) is 9.32. The zero-order chi connectivity index (χ0) is 23.5. The number of ether oxygens (including phenoxy) is 1. The number of halogens is 2. The van der Waals surface area contributed by atoms with Crippen molar-refractivity contribution in [2.75, 3.05) is 4.90 Å². The van der Waals surface area contributed by atoms with Gasteiger partial charge in [-0.25, -0.2) is 9.69 Å². The van der Waals surface area contributed by atoms with Crippen molar-refractivity contribution in [3.63, 3.8) is 0 Å². The number of amides is 3. The lowest BCUT2D eigenvalue weighted by Gasteiger charge is -2.11. The van der Waals surface area contributed by atoms with E-state index in [1.165, 1.54) is 30.3 Å². The molecule has 8 nitrogen and oxygen atoms in total. The van der Waals surface area contributed by atoms with Crippen molar-refractivity contribution in [3.05, 3.63) is 104 Å². The Morgan fingerprint density at radius 2 is 1.70 bits per heavy atom. The van der Waals surface area contributed by atoms with Gasteiger partial charge in [0.25, 0.3) is 11.6 Å². The van der Waals surface area contributed by atoms with E-state index >= 15 is 0 Å². The van der Waals surface area contributed by atoms with Gasteiger partial charge in [0.2, 0.25) is 0 Å². The van der Waals surface area contributed by atoms with Crippen LogP contribution in [0.4, 0.5) is 16.2 Å². The standard InChI is InChI=1S/C23H15Cl2N3O5/c24-18-10-15(12-20-22(29)27(23(30)26-20)16-6-2-1-3-7-16)11-19(25)21(18)33-13-14-5-4-8-17(9-14)28(31)32/h1-12H,13H2,(H,26,30)/b20-12+. The number of benzene rings is 3. The first-order chi connectivity index (χ1) is 15.8. The summed E-state index contributed by atoms with van der Waals surface area (Å²) in [6.07, 6.45) is 1.46. The lowest BCUT2D eigenvalue weighted by Crippen LogP contribution is -2.30. The maximum Gasteiger partial charge on any atom is 0.333 e. The molecule has 0 bridgehead atoms. The van der Waals surface area contributed by atoms with E-state index in [2.05, 4.69) is 5.32 Å². The van der Waals surface area contributed by atoms with Gasteiger partial charge in [0, 0.05) is 12.1 Å². The van der Waals surface area contributed by atoms with E-state index < -0.39 is 16.9 Å². The van der Waals surface area contributed by atoms with E-state index in [9.17, 15) is 19.7 Å². The third-order valence-corrected chi connectivity index (χ3v) is 5.29. The Kier molecular flexibility index (Phi) is 6.30. The van der Waals surface area contributed by atoms with E-state index in [1.54, 1.807) is 42.5 Å². The molecule has 0 spiro atoms. The Bertz CT molecular complexity index is 1270. The molecule has 3 aromatic carbocycles. The van der Waals surface area contributed by atoms with Crippen LogP contribution in [0.15, 0.2) is 72.4 Å². The SMILES string of the molecule is O=C1N/C(=C/c2cc(Cl)c(OCc3cccc([N+](=O)[O-])c3)c(Cl)c2)C(=O)N1c1ccccc1. The maximum atomic E-state index is 12.7. The first-order valence-electron chi connectivity index (χ1n) is 9.61. The van der Waals surface area contributed by atoms with Crippen LogP contribution in [0.25, 0.3) is 6.08 Å². The summed E-state index contributed by atoms with van der Waals surface area (Å²) in [6.45, 7) is 0.0160. The van der Waals surface area contributed by atoms with Gasteiger partial charge in [-0.3, -0.25) is 14.9 Å².